The van der Waals surface area contributed by atoms with Crippen molar-refractivity contribution in [2.75, 3.05) is 33.4 Å². The van der Waals surface area contributed by atoms with Crippen LogP contribution in [-0.4, -0.2) is 44.3 Å². The summed E-state index contributed by atoms with van der Waals surface area (Å²) in [6.45, 7) is 6.13. The summed E-state index contributed by atoms with van der Waals surface area (Å²) in [4.78, 5) is 2.56. The SMILES string of the molecule is CCC1COCCN1CCC(NC)c1ccc(Cl)cc1. The molecule has 0 spiro atoms. The lowest BCUT2D eigenvalue weighted by Crippen LogP contribution is -2.46. The van der Waals surface area contributed by atoms with Crippen molar-refractivity contribution in [2.24, 2.45) is 0 Å². The van der Waals surface area contributed by atoms with Crippen LogP contribution in [0.5, 0.6) is 0 Å². The van der Waals surface area contributed by atoms with Gasteiger partial charge < -0.3 is 10.1 Å². The van der Waals surface area contributed by atoms with Gasteiger partial charge >= 0.3 is 0 Å². The van der Waals surface area contributed by atoms with Gasteiger partial charge in [-0.3, -0.25) is 4.90 Å². The third kappa shape index (κ3) is 4.19. The summed E-state index contributed by atoms with van der Waals surface area (Å²) in [5, 5.41) is 4.20. The van der Waals surface area contributed by atoms with Crippen LogP contribution in [0.15, 0.2) is 24.3 Å². The molecule has 1 aliphatic heterocycles. The summed E-state index contributed by atoms with van der Waals surface area (Å²) in [6.07, 6.45) is 2.26. The van der Waals surface area contributed by atoms with Crippen LogP contribution in [0.2, 0.25) is 5.02 Å². The van der Waals surface area contributed by atoms with Crippen LogP contribution in [0, 0.1) is 0 Å². The predicted molar refractivity (Wildman–Crippen MR) is 84.3 cm³/mol. The molecule has 1 fully saturated rings. The summed E-state index contributed by atoms with van der Waals surface area (Å²) in [5.41, 5.74) is 1.30. The zero-order chi connectivity index (χ0) is 14.4. The minimum Gasteiger partial charge on any atom is -0.378 e. The van der Waals surface area contributed by atoms with Crippen LogP contribution in [0.3, 0.4) is 0 Å². The highest BCUT2D eigenvalue weighted by atomic mass is 35.5. The van der Waals surface area contributed by atoms with Crippen LogP contribution in [-0.2, 0) is 4.74 Å². The monoisotopic (exact) mass is 296 g/mol. The first-order valence-corrected chi connectivity index (χ1v) is 7.87. The normalized spacial score (nSPS) is 21.9. The Morgan fingerprint density at radius 1 is 1.40 bits per heavy atom. The quantitative estimate of drug-likeness (QED) is 0.873. The fraction of sp³-hybridized carbons (Fsp3) is 0.625. The first-order chi connectivity index (χ1) is 9.74. The maximum Gasteiger partial charge on any atom is 0.0622 e. The number of hydrogen-bond donors (Lipinski definition) is 1. The van der Waals surface area contributed by atoms with Crippen molar-refractivity contribution in [3.63, 3.8) is 0 Å². The largest absolute Gasteiger partial charge is 0.378 e. The fourth-order valence-electron chi connectivity index (χ4n) is 2.83. The average molecular weight is 297 g/mol. The number of morpholine rings is 1. The summed E-state index contributed by atoms with van der Waals surface area (Å²) in [6, 6.07) is 9.11. The van der Waals surface area contributed by atoms with Gasteiger partial charge in [-0.05, 0) is 37.6 Å². The molecule has 3 nitrogen and oxygen atoms in total. The third-order valence-electron chi connectivity index (χ3n) is 4.15. The van der Waals surface area contributed by atoms with Crippen LogP contribution in [0.4, 0.5) is 0 Å². The van der Waals surface area contributed by atoms with E-state index < -0.39 is 0 Å². The Morgan fingerprint density at radius 3 is 2.80 bits per heavy atom. The Morgan fingerprint density at radius 2 is 2.15 bits per heavy atom. The van der Waals surface area contributed by atoms with E-state index in [1.807, 2.05) is 19.2 Å². The molecule has 0 aliphatic carbocycles. The van der Waals surface area contributed by atoms with E-state index in [2.05, 4.69) is 29.3 Å². The summed E-state index contributed by atoms with van der Waals surface area (Å²) in [5.74, 6) is 0. The molecule has 1 heterocycles. The number of ether oxygens (including phenoxy) is 1. The molecule has 1 aliphatic rings. The molecule has 0 radical (unpaired) electrons. The summed E-state index contributed by atoms with van der Waals surface area (Å²) in [7, 11) is 2.02. The van der Waals surface area contributed by atoms with E-state index in [1.54, 1.807) is 0 Å². The highest BCUT2D eigenvalue weighted by Gasteiger charge is 2.22. The van der Waals surface area contributed by atoms with Gasteiger partial charge in [0.15, 0.2) is 0 Å². The van der Waals surface area contributed by atoms with E-state index in [4.69, 9.17) is 16.3 Å². The molecule has 4 heteroatoms. The minimum absolute atomic E-state index is 0.382. The van der Waals surface area contributed by atoms with Gasteiger partial charge in [0.25, 0.3) is 0 Å². The molecule has 0 bridgehead atoms. The standard InChI is InChI=1S/C16H25ClN2O/c1-3-15-12-20-11-10-19(15)9-8-16(18-2)13-4-6-14(17)7-5-13/h4-7,15-16,18H,3,8-12H2,1-2H3. The van der Waals surface area contributed by atoms with Crippen molar-refractivity contribution in [1.29, 1.82) is 0 Å². The van der Waals surface area contributed by atoms with E-state index in [1.165, 1.54) is 5.56 Å². The molecule has 20 heavy (non-hydrogen) atoms. The van der Waals surface area contributed by atoms with Gasteiger partial charge in [-0.1, -0.05) is 30.7 Å². The molecule has 2 unspecified atom stereocenters. The predicted octanol–water partition coefficient (Wildman–Crippen LogP) is 3.10. The Hall–Kier alpha value is -0.610. The van der Waals surface area contributed by atoms with E-state index in [0.717, 1.165) is 44.2 Å². The molecule has 2 atom stereocenters. The Kier molecular flexibility index (Phi) is 6.30. The van der Waals surface area contributed by atoms with Gasteiger partial charge in [-0.15, -0.1) is 0 Å². The van der Waals surface area contributed by atoms with Gasteiger partial charge in [-0.25, -0.2) is 0 Å². The number of rotatable bonds is 6. The topological polar surface area (TPSA) is 24.5 Å². The molecule has 1 N–H and O–H groups in total. The lowest BCUT2D eigenvalue weighted by Gasteiger charge is -2.35. The Balaban J connectivity index is 1.91. The second-order valence-electron chi connectivity index (χ2n) is 5.35. The second kappa shape index (κ2) is 7.99. The molecule has 0 amide bonds. The second-order valence-corrected chi connectivity index (χ2v) is 5.79. The Labute approximate surface area is 127 Å². The first-order valence-electron chi connectivity index (χ1n) is 7.49. The third-order valence-corrected chi connectivity index (χ3v) is 4.40. The molecular formula is C16H25ClN2O. The molecule has 0 saturated carbocycles. The van der Waals surface area contributed by atoms with E-state index in [0.29, 0.717) is 12.1 Å². The van der Waals surface area contributed by atoms with Crippen LogP contribution >= 0.6 is 11.6 Å². The van der Waals surface area contributed by atoms with Gasteiger partial charge in [0.1, 0.15) is 0 Å². The zero-order valence-electron chi connectivity index (χ0n) is 12.4. The summed E-state index contributed by atoms with van der Waals surface area (Å²) < 4.78 is 5.56. The van der Waals surface area contributed by atoms with Crippen molar-refractivity contribution < 1.29 is 4.74 Å². The fourth-order valence-corrected chi connectivity index (χ4v) is 2.95. The number of halogens is 1. The molecule has 0 aromatic heterocycles. The molecule has 1 aromatic carbocycles. The minimum atomic E-state index is 0.382. The molecule has 2 rings (SSSR count). The number of nitrogens with one attached hydrogen (secondary N) is 1. The lowest BCUT2D eigenvalue weighted by atomic mass is 10.0. The van der Waals surface area contributed by atoms with Crippen LogP contribution < -0.4 is 5.32 Å². The van der Waals surface area contributed by atoms with Crippen molar-refractivity contribution in [2.45, 2.75) is 31.8 Å². The van der Waals surface area contributed by atoms with Crippen LogP contribution in [0.25, 0.3) is 0 Å². The maximum absolute atomic E-state index is 5.95. The van der Waals surface area contributed by atoms with E-state index in [9.17, 15) is 0 Å². The molecule has 112 valence electrons. The van der Waals surface area contributed by atoms with Crippen molar-refractivity contribution in [3.8, 4) is 0 Å². The highest BCUT2D eigenvalue weighted by Crippen LogP contribution is 2.21. The van der Waals surface area contributed by atoms with Crippen LogP contribution in [0.1, 0.15) is 31.4 Å². The molecule has 1 saturated heterocycles. The first kappa shape index (κ1) is 15.8. The maximum atomic E-state index is 5.95. The number of hydrogen-bond acceptors (Lipinski definition) is 3. The van der Waals surface area contributed by atoms with Crippen molar-refractivity contribution >= 4 is 11.6 Å². The molecular weight excluding hydrogens is 272 g/mol. The number of nitrogens with zero attached hydrogens (tertiary/aromatic N) is 1. The number of benzene rings is 1. The summed E-state index contributed by atoms with van der Waals surface area (Å²) >= 11 is 5.95. The van der Waals surface area contributed by atoms with Crippen molar-refractivity contribution in [1.82, 2.24) is 10.2 Å². The smallest absolute Gasteiger partial charge is 0.0622 e. The van der Waals surface area contributed by atoms with Gasteiger partial charge in [0.05, 0.1) is 13.2 Å². The van der Waals surface area contributed by atoms with E-state index >= 15 is 0 Å². The zero-order valence-corrected chi connectivity index (χ0v) is 13.2. The van der Waals surface area contributed by atoms with E-state index in [-0.39, 0.29) is 0 Å². The average Bonchev–Trinajstić information content (AvgIpc) is 2.50. The van der Waals surface area contributed by atoms with Gasteiger partial charge in [-0.2, -0.15) is 0 Å². The molecule has 1 aromatic rings. The highest BCUT2D eigenvalue weighted by molar-refractivity contribution is 6.30. The van der Waals surface area contributed by atoms with Gasteiger partial charge in [0.2, 0.25) is 0 Å². The van der Waals surface area contributed by atoms with Gasteiger partial charge in [0, 0.05) is 30.2 Å². The lowest BCUT2D eigenvalue weighted by molar-refractivity contribution is -0.00997. The van der Waals surface area contributed by atoms with Crippen molar-refractivity contribution in [3.05, 3.63) is 34.9 Å². The Bertz CT molecular complexity index is 396.